The van der Waals surface area contributed by atoms with E-state index in [0.29, 0.717) is 6.61 Å². The van der Waals surface area contributed by atoms with Crippen LogP contribution in [-0.4, -0.2) is 43.7 Å². The number of likely N-dealkylation sites (N-methyl/N-ethyl adjacent to an activating group) is 1. The molecule has 21 heavy (non-hydrogen) atoms. The Hall–Kier alpha value is -0.840. The highest BCUT2D eigenvalue weighted by molar-refractivity contribution is 9.10. The van der Waals surface area contributed by atoms with Gasteiger partial charge >= 0.3 is 0 Å². The van der Waals surface area contributed by atoms with E-state index >= 15 is 0 Å². The number of fused-ring (bicyclic) bond motifs is 1. The highest BCUT2D eigenvalue weighted by atomic mass is 79.9. The average Bonchev–Trinajstić information content (AvgIpc) is 3.31. The van der Waals surface area contributed by atoms with E-state index in [9.17, 15) is 0 Å². The van der Waals surface area contributed by atoms with Gasteiger partial charge in [0.1, 0.15) is 12.4 Å². The lowest BCUT2D eigenvalue weighted by molar-refractivity contribution is 0.277. The monoisotopic (exact) mass is 350 g/mol. The number of halogens is 1. The number of hydrogen-bond acceptors (Lipinski definition) is 3. The molecule has 3 nitrogen and oxygen atoms in total. The van der Waals surface area contributed by atoms with Crippen LogP contribution in [0.1, 0.15) is 25.3 Å². The Balaban J connectivity index is 1.47. The Labute approximate surface area is 135 Å². The summed E-state index contributed by atoms with van der Waals surface area (Å²) in [6.45, 7) is 7.23. The molecule has 1 N–H and O–H groups in total. The van der Waals surface area contributed by atoms with Gasteiger partial charge in [-0.25, -0.2) is 0 Å². The van der Waals surface area contributed by atoms with Crippen LogP contribution in [0.15, 0.2) is 28.2 Å². The summed E-state index contributed by atoms with van der Waals surface area (Å²) in [7, 11) is 0. The van der Waals surface area contributed by atoms with Crippen LogP contribution in [0.25, 0.3) is 6.08 Å². The third-order valence-electron chi connectivity index (χ3n) is 4.14. The fourth-order valence-corrected chi connectivity index (χ4v) is 3.19. The zero-order valence-electron chi connectivity index (χ0n) is 12.6. The second kappa shape index (κ2) is 6.95. The van der Waals surface area contributed by atoms with Crippen molar-refractivity contribution in [3.05, 3.63) is 33.8 Å². The molecule has 0 atom stereocenters. The van der Waals surface area contributed by atoms with Crippen LogP contribution in [-0.2, 0) is 0 Å². The molecule has 3 rings (SSSR count). The first-order chi connectivity index (χ1) is 10.3. The summed E-state index contributed by atoms with van der Waals surface area (Å²) in [5, 5.41) is 3.55. The lowest BCUT2D eigenvalue weighted by atomic mass is 10.1. The second-order valence-electron chi connectivity index (χ2n) is 5.81. The fourth-order valence-electron chi connectivity index (χ4n) is 2.81. The summed E-state index contributed by atoms with van der Waals surface area (Å²) < 4.78 is 6.89. The van der Waals surface area contributed by atoms with E-state index < -0.39 is 0 Å². The molecule has 2 aliphatic rings. The molecule has 0 saturated heterocycles. The first-order valence-electron chi connectivity index (χ1n) is 7.83. The van der Waals surface area contributed by atoms with Crippen molar-refractivity contribution in [1.29, 1.82) is 0 Å². The number of hydrogen-bond donors (Lipinski definition) is 1. The number of nitrogens with zero attached hydrogens (tertiary/aromatic N) is 1. The third kappa shape index (κ3) is 4.09. The largest absolute Gasteiger partial charge is 0.489 e. The van der Waals surface area contributed by atoms with Crippen molar-refractivity contribution < 1.29 is 4.74 Å². The topological polar surface area (TPSA) is 24.5 Å². The van der Waals surface area contributed by atoms with Gasteiger partial charge in [-0.05, 0) is 49.2 Å². The Morgan fingerprint density at radius 1 is 1.38 bits per heavy atom. The van der Waals surface area contributed by atoms with E-state index in [2.05, 4.69) is 45.2 Å². The molecule has 0 bridgehead atoms. The van der Waals surface area contributed by atoms with Crippen LogP contribution in [0.2, 0.25) is 0 Å². The minimum atomic E-state index is 0.696. The Morgan fingerprint density at radius 3 is 3.00 bits per heavy atom. The molecule has 0 aromatic heterocycles. The Kier molecular flexibility index (Phi) is 4.99. The third-order valence-corrected chi connectivity index (χ3v) is 4.64. The van der Waals surface area contributed by atoms with Crippen molar-refractivity contribution >= 4 is 22.0 Å². The second-order valence-corrected chi connectivity index (χ2v) is 6.73. The van der Waals surface area contributed by atoms with Crippen LogP contribution in [0.4, 0.5) is 0 Å². The standard InChI is InChI=1S/C17H23BrN2O/c1-2-20(16-4-5-16)8-7-19-11-13-9-14-10-15(18)3-6-17(14)21-12-13/h3,6,9-10,16,19H,2,4-5,7-8,11-12H2,1H3. The minimum absolute atomic E-state index is 0.696. The van der Waals surface area contributed by atoms with Gasteiger partial charge in [0, 0.05) is 35.7 Å². The predicted molar refractivity (Wildman–Crippen MR) is 90.8 cm³/mol. The molecule has 1 aromatic carbocycles. The molecule has 0 spiro atoms. The van der Waals surface area contributed by atoms with E-state index in [0.717, 1.165) is 35.9 Å². The number of benzene rings is 1. The molecule has 1 saturated carbocycles. The smallest absolute Gasteiger partial charge is 0.127 e. The molecule has 1 heterocycles. The van der Waals surface area contributed by atoms with Gasteiger partial charge in [0.05, 0.1) is 0 Å². The van der Waals surface area contributed by atoms with Crippen LogP contribution in [0.3, 0.4) is 0 Å². The molecule has 114 valence electrons. The first-order valence-corrected chi connectivity index (χ1v) is 8.62. The van der Waals surface area contributed by atoms with Crippen LogP contribution in [0, 0.1) is 0 Å². The van der Waals surface area contributed by atoms with Crippen molar-refractivity contribution in [2.45, 2.75) is 25.8 Å². The van der Waals surface area contributed by atoms with Crippen molar-refractivity contribution in [2.75, 3.05) is 32.8 Å². The van der Waals surface area contributed by atoms with Gasteiger partial charge in [0.2, 0.25) is 0 Å². The first kappa shape index (κ1) is 15.1. The summed E-state index contributed by atoms with van der Waals surface area (Å²) in [4.78, 5) is 2.57. The van der Waals surface area contributed by atoms with Crippen molar-refractivity contribution in [1.82, 2.24) is 10.2 Å². The number of nitrogens with one attached hydrogen (secondary N) is 1. The molecule has 1 aromatic rings. The molecular weight excluding hydrogens is 328 g/mol. The average molecular weight is 351 g/mol. The fraction of sp³-hybridized carbons (Fsp3) is 0.529. The summed E-state index contributed by atoms with van der Waals surface area (Å²) >= 11 is 3.51. The van der Waals surface area contributed by atoms with Gasteiger partial charge in [-0.2, -0.15) is 0 Å². The van der Waals surface area contributed by atoms with E-state index in [1.54, 1.807) is 0 Å². The molecule has 0 unspecified atom stereocenters. The highest BCUT2D eigenvalue weighted by Gasteiger charge is 2.27. The minimum Gasteiger partial charge on any atom is -0.489 e. The zero-order valence-corrected chi connectivity index (χ0v) is 14.2. The van der Waals surface area contributed by atoms with E-state index in [1.807, 2.05) is 12.1 Å². The van der Waals surface area contributed by atoms with E-state index in [1.165, 1.54) is 30.5 Å². The van der Waals surface area contributed by atoms with Crippen molar-refractivity contribution in [2.24, 2.45) is 0 Å². The van der Waals surface area contributed by atoms with Gasteiger partial charge in [0.25, 0.3) is 0 Å². The molecular formula is C17H23BrN2O. The molecule has 4 heteroatoms. The maximum Gasteiger partial charge on any atom is 0.127 e. The van der Waals surface area contributed by atoms with Crippen LogP contribution < -0.4 is 10.1 Å². The maximum atomic E-state index is 5.80. The van der Waals surface area contributed by atoms with E-state index in [4.69, 9.17) is 4.74 Å². The lowest BCUT2D eigenvalue weighted by Crippen LogP contribution is -2.34. The Morgan fingerprint density at radius 2 is 2.24 bits per heavy atom. The summed E-state index contributed by atoms with van der Waals surface area (Å²) in [6.07, 6.45) is 5.02. The van der Waals surface area contributed by atoms with Crippen LogP contribution >= 0.6 is 15.9 Å². The molecule has 0 amide bonds. The SMILES string of the molecule is CCN(CCNCC1=Cc2cc(Br)ccc2OC1)C1CC1. The lowest BCUT2D eigenvalue weighted by Gasteiger charge is -2.21. The number of rotatable bonds is 7. The summed E-state index contributed by atoms with van der Waals surface area (Å²) in [5.41, 5.74) is 2.48. The van der Waals surface area contributed by atoms with Gasteiger partial charge in [0.15, 0.2) is 0 Å². The maximum absolute atomic E-state index is 5.80. The predicted octanol–water partition coefficient (Wildman–Crippen LogP) is 3.30. The Bertz CT molecular complexity index is 526. The van der Waals surface area contributed by atoms with Gasteiger partial charge in [-0.1, -0.05) is 22.9 Å². The normalized spacial score (nSPS) is 17.4. The van der Waals surface area contributed by atoms with E-state index in [-0.39, 0.29) is 0 Å². The van der Waals surface area contributed by atoms with Crippen molar-refractivity contribution in [3.8, 4) is 5.75 Å². The highest BCUT2D eigenvalue weighted by Crippen LogP contribution is 2.29. The molecule has 1 fully saturated rings. The molecule has 0 radical (unpaired) electrons. The van der Waals surface area contributed by atoms with Gasteiger partial charge < -0.3 is 10.1 Å². The van der Waals surface area contributed by atoms with Crippen molar-refractivity contribution in [3.63, 3.8) is 0 Å². The van der Waals surface area contributed by atoms with Crippen LogP contribution in [0.5, 0.6) is 5.75 Å². The zero-order chi connectivity index (χ0) is 14.7. The summed E-state index contributed by atoms with van der Waals surface area (Å²) in [6, 6.07) is 7.01. The van der Waals surface area contributed by atoms with Gasteiger partial charge in [-0.3, -0.25) is 4.90 Å². The molecule has 1 aliphatic heterocycles. The van der Waals surface area contributed by atoms with Gasteiger partial charge in [-0.15, -0.1) is 0 Å². The summed E-state index contributed by atoms with van der Waals surface area (Å²) in [5.74, 6) is 0.979. The quantitative estimate of drug-likeness (QED) is 0.763. The number of ether oxygens (including phenoxy) is 1. The molecule has 1 aliphatic carbocycles.